The van der Waals surface area contributed by atoms with Crippen molar-refractivity contribution < 1.29 is 9.57 Å². The Balaban J connectivity index is 1.51. The van der Waals surface area contributed by atoms with Crippen LogP contribution in [0.25, 0.3) is 22.0 Å². The van der Waals surface area contributed by atoms with Crippen LogP contribution in [0.3, 0.4) is 0 Å². The van der Waals surface area contributed by atoms with Gasteiger partial charge in [0.2, 0.25) is 0 Å². The second-order valence-electron chi connectivity index (χ2n) is 8.54. The summed E-state index contributed by atoms with van der Waals surface area (Å²) in [6, 6.07) is 38.0. The van der Waals surface area contributed by atoms with E-state index in [1.807, 2.05) is 16.9 Å². The fourth-order valence-electron chi connectivity index (χ4n) is 4.63. The van der Waals surface area contributed by atoms with Crippen molar-refractivity contribution >= 4 is 10.8 Å². The molecule has 5 rings (SSSR count). The Morgan fingerprint density at radius 1 is 0.765 bits per heavy atom. The van der Waals surface area contributed by atoms with Crippen LogP contribution in [0.1, 0.15) is 28.5 Å². The third-order valence-corrected chi connectivity index (χ3v) is 6.42. The predicted molar refractivity (Wildman–Crippen MR) is 139 cm³/mol. The molecule has 0 aliphatic rings. The summed E-state index contributed by atoms with van der Waals surface area (Å²) in [5.74, 6) is 0. The largest absolute Gasteiger partial charge is 0.417 e. The van der Waals surface area contributed by atoms with Gasteiger partial charge in [0.1, 0.15) is 7.11 Å². The van der Waals surface area contributed by atoms with Gasteiger partial charge < -0.3 is 9.57 Å². The summed E-state index contributed by atoms with van der Waals surface area (Å²) in [7, 11) is 1.73. The highest BCUT2D eigenvalue weighted by molar-refractivity contribution is 5.96. The van der Waals surface area contributed by atoms with Gasteiger partial charge >= 0.3 is 0 Å². The van der Waals surface area contributed by atoms with Crippen molar-refractivity contribution in [1.29, 1.82) is 0 Å². The summed E-state index contributed by atoms with van der Waals surface area (Å²) in [4.78, 5) is 5.85. The molecule has 4 aromatic carbocycles. The zero-order chi connectivity index (χ0) is 23.3. The molecule has 0 saturated carbocycles. The second-order valence-corrected chi connectivity index (χ2v) is 8.54. The maximum absolute atomic E-state index is 6.48. The lowest BCUT2D eigenvalue weighted by Crippen LogP contribution is -2.11. The van der Waals surface area contributed by atoms with Crippen molar-refractivity contribution in [2.75, 3.05) is 7.11 Å². The Labute approximate surface area is 201 Å². The SMILES string of the molecule is COn1c(-c2cccc3ccccc23)cc(CC(OCc2ccccc2)c2ccccc2)c1C. The van der Waals surface area contributed by atoms with Gasteiger partial charge in [-0.1, -0.05) is 103 Å². The van der Waals surface area contributed by atoms with E-state index in [0.29, 0.717) is 6.61 Å². The third kappa shape index (κ3) is 4.48. The molecule has 0 N–H and O–H groups in total. The van der Waals surface area contributed by atoms with E-state index in [0.717, 1.165) is 23.4 Å². The summed E-state index contributed by atoms with van der Waals surface area (Å²) < 4.78 is 8.42. The third-order valence-electron chi connectivity index (χ3n) is 6.42. The summed E-state index contributed by atoms with van der Waals surface area (Å²) in [6.45, 7) is 2.69. The molecule has 0 amide bonds. The first-order valence-electron chi connectivity index (χ1n) is 11.7. The second kappa shape index (κ2) is 9.98. The van der Waals surface area contributed by atoms with Crippen LogP contribution in [-0.2, 0) is 17.8 Å². The molecule has 0 fully saturated rings. The molecule has 34 heavy (non-hydrogen) atoms. The number of rotatable bonds is 8. The van der Waals surface area contributed by atoms with E-state index < -0.39 is 0 Å². The standard InChI is InChI=1S/C31H29NO2/c1-23-27(20-30(32(23)33-2)29-19-11-17-25-14-9-10-18-28(25)29)21-31(26-15-7-4-8-16-26)34-22-24-12-5-3-6-13-24/h3-20,31H,21-22H2,1-2H3. The minimum absolute atomic E-state index is 0.0619. The number of fused-ring (bicyclic) bond motifs is 1. The number of hydrogen-bond donors (Lipinski definition) is 0. The van der Waals surface area contributed by atoms with Crippen LogP contribution in [0, 0.1) is 6.92 Å². The Bertz CT molecular complexity index is 1370. The average Bonchev–Trinajstić information content (AvgIpc) is 3.21. The predicted octanol–water partition coefficient (Wildman–Crippen LogP) is 7.18. The van der Waals surface area contributed by atoms with Crippen LogP contribution >= 0.6 is 0 Å². The minimum atomic E-state index is -0.0619. The van der Waals surface area contributed by atoms with Gasteiger partial charge in [0.05, 0.1) is 24.1 Å². The van der Waals surface area contributed by atoms with Crippen molar-refractivity contribution in [1.82, 2.24) is 4.73 Å². The zero-order valence-corrected chi connectivity index (χ0v) is 19.6. The first-order valence-corrected chi connectivity index (χ1v) is 11.7. The summed E-state index contributed by atoms with van der Waals surface area (Å²) in [5, 5.41) is 2.43. The molecule has 1 unspecified atom stereocenters. The zero-order valence-electron chi connectivity index (χ0n) is 19.6. The van der Waals surface area contributed by atoms with Gasteiger partial charge in [0.25, 0.3) is 0 Å². The lowest BCUT2D eigenvalue weighted by Gasteiger charge is -2.19. The van der Waals surface area contributed by atoms with Crippen LogP contribution in [0.15, 0.2) is 109 Å². The molecule has 1 aromatic heterocycles. The molecular weight excluding hydrogens is 418 g/mol. The van der Waals surface area contributed by atoms with Crippen LogP contribution < -0.4 is 4.84 Å². The molecule has 0 radical (unpaired) electrons. The average molecular weight is 448 g/mol. The number of nitrogens with zero attached hydrogens (tertiary/aromatic N) is 1. The highest BCUT2D eigenvalue weighted by atomic mass is 16.6. The van der Waals surface area contributed by atoms with E-state index in [1.165, 1.54) is 27.5 Å². The van der Waals surface area contributed by atoms with Crippen molar-refractivity contribution in [3.63, 3.8) is 0 Å². The molecular formula is C31H29NO2. The molecule has 0 bridgehead atoms. The molecule has 1 atom stereocenters. The Hall–Kier alpha value is -3.82. The van der Waals surface area contributed by atoms with Gasteiger partial charge in [-0.3, -0.25) is 0 Å². The molecule has 3 nitrogen and oxygen atoms in total. The molecule has 0 saturated heterocycles. The quantitative estimate of drug-likeness (QED) is 0.252. The maximum atomic E-state index is 6.48. The monoisotopic (exact) mass is 447 g/mol. The van der Waals surface area contributed by atoms with Gasteiger partial charge in [-0.15, -0.1) is 0 Å². The van der Waals surface area contributed by atoms with Crippen molar-refractivity contribution in [2.45, 2.75) is 26.1 Å². The molecule has 0 spiro atoms. The first kappa shape index (κ1) is 22.0. The van der Waals surface area contributed by atoms with Crippen molar-refractivity contribution in [3.8, 4) is 11.3 Å². The van der Waals surface area contributed by atoms with E-state index in [4.69, 9.17) is 9.57 Å². The fraction of sp³-hybridized carbons (Fsp3) is 0.161. The smallest absolute Gasteiger partial charge is 0.104 e. The van der Waals surface area contributed by atoms with Gasteiger partial charge in [-0.2, -0.15) is 4.73 Å². The number of benzene rings is 4. The van der Waals surface area contributed by atoms with Crippen LogP contribution in [0.2, 0.25) is 0 Å². The normalized spacial score (nSPS) is 12.1. The summed E-state index contributed by atoms with van der Waals surface area (Å²) in [5.41, 5.74) is 6.87. The fourth-order valence-corrected chi connectivity index (χ4v) is 4.63. The highest BCUT2D eigenvalue weighted by Gasteiger charge is 2.20. The topological polar surface area (TPSA) is 23.4 Å². The van der Waals surface area contributed by atoms with E-state index in [2.05, 4.69) is 104 Å². The lowest BCUT2D eigenvalue weighted by atomic mass is 9.99. The van der Waals surface area contributed by atoms with E-state index in [9.17, 15) is 0 Å². The molecule has 1 heterocycles. The summed E-state index contributed by atoms with van der Waals surface area (Å²) >= 11 is 0. The maximum Gasteiger partial charge on any atom is 0.104 e. The van der Waals surface area contributed by atoms with Crippen molar-refractivity contribution in [2.24, 2.45) is 0 Å². The lowest BCUT2D eigenvalue weighted by molar-refractivity contribution is 0.0396. The van der Waals surface area contributed by atoms with E-state index >= 15 is 0 Å². The molecule has 3 heteroatoms. The van der Waals surface area contributed by atoms with Gasteiger partial charge in [-0.25, -0.2) is 0 Å². The molecule has 5 aromatic rings. The van der Waals surface area contributed by atoms with Gasteiger partial charge in [-0.05, 0) is 40.5 Å². The number of hydrogen-bond acceptors (Lipinski definition) is 2. The number of ether oxygens (including phenoxy) is 1. The summed E-state index contributed by atoms with van der Waals surface area (Å²) in [6.07, 6.45) is 0.699. The Kier molecular flexibility index (Phi) is 6.46. The first-order chi connectivity index (χ1) is 16.7. The van der Waals surface area contributed by atoms with Gasteiger partial charge in [0, 0.05) is 12.0 Å². The van der Waals surface area contributed by atoms with E-state index in [-0.39, 0.29) is 6.10 Å². The van der Waals surface area contributed by atoms with Crippen LogP contribution in [0.5, 0.6) is 0 Å². The van der Waals surface area contributed by atoms with Crippen molar-refractivity contribution in [3.05, 3.63) is 132 Å². The molecule has 0 aliphatic carbocycles. The number of aromatic nitrogens is 1. The Morgan fingerprint density at radius 2 is 1.44 bits per heavy atom. The Morgan fingerprint density at radius 3 is 2.21 bits per heavy atom. The molecule has 0 aliphatic heterocycles. The highest BCUT2D eigenvalue weighted by Crippen LogP contribution is 2.34. The van der Waals surface area contributed by atoms with Crippen LogP contribution in [0.4, 0.5) is 0 Å². The van der Waals surface area contributed by atoms with E-state index in [1.54, 1.807) is 7.11 Å². The van der Waals surface area contributed by atoms with Gasteiger partial charge in [0.15, 0.2) is 0 Å². The minimum Gasteiger partial charge on any atom is -0.417 e. The molecule has 170 valence electrons. The van der Waals surface area contributed by atoms with Crippen LogP contribution in [-0.4, -0.2) is 11.8 Å².